The number of sulfonamides is 1. The van der Waals surface area contributed by atoms with E-state index < -0.39 is 16.3 Å². The second-order valence-corrected chi connectivity index (χ2v) is 5.82. The van der Waals surface area contributed by atoms with Crippen LogP contribution in [-0.4, -0.2) is 38.1 Å². The van der Waals surface area contributed by atoms with Crippen molar-refractivity contribution >= 4 is 10.0 Å². The number of aliphatic hydroxyl groups excluding tert-OH is 1. The van der Waals surface area contributed by atoms with Crippen molar-refractivity contribution in [2.75, 3.05) is 12.8 Å². The third kappa shape index (κ3) is 9.75. The van der Waals surface area contributed by atoms with Gasteiger partial charge in [0.2, 0.25) is 10.0 Å². The van der Waals surface area contributed by atoms with Crippen LogP contribution in [0.3, 0.4) is 0 Å². The molecule has 0 aliphatic heterocycles. The first-order valence-electron chi connectivity index (χ1n) is 4.00. The molecule has 0 saturated carbocycles. The maximum Gasteiger partial charge on any atom is 0.210 e. The topological polar surface area (TPSA) is 78.4 Å². The van der Waals surface area contributed by atoms with Gasteiger partial charge in [0.1, 0.15) is 6.23 Å². The standard InChI is InChI=1S/C7H18N2O3S/c1-7(2,3)8-5-6(10)9-13(4,11)12/h6,8-10H,5H2,1-4H3. The van der Waals surface area contributed by atoms with Crippen LogP contribution in [0.1, 0.15) is 20.8 Å². The van der Waals surface area contributed by atoms with Gasteiger partial charge in [-0.2, -0.15) is 4.72 Å². The first kappa shape index (κ1) is 12.8. The minimum absolute atomic E-state index is 0.139. The van der Waals surface area contributed by atoms with Crippen molar-refractivity contribution in [2.45, 2.75) is 32.5 Å². The maximum absolute atomic E-state index is 10.7. The smallest absolute Gasteiger partial charge is 0.210 e. The van der Waals surface area contributed by atoms with Gasteiger partial charge in [-0.3, -0.25) is 0 Å². The molecule has 80 valence electrons. The lowest BCUT2D eigenvalue weighted by Gasteiger charge is -2.22. The molecule has 0 bridgehead atoms. The van der Waals surface area contributed by atoms with Crippen LogP contribution in [0.2, 0.25) is 0 Å². The van der Waals surface area contributed by atoms with E-state index in [2.05, 4.69) is 10.0 Å². The molecule has 0 rings (SSSR count). The van der Waals surface area contributed by atoms with E-state index in [1.165, 1.54) is 0 Å². The number of hydrogen-bond donors (Lipinski definition) is 3. The lowest BCUT2D eigenvalue weighted by molar-refractivity contribution is 0.150. The van der Waals surface area contributed by atoms with E-state index in [4.69, 9.17) is 0 Å². The maximum atomic E-state index is 10.7. The zero-order chi connectivity index (χ0) is 10.7. The van der Waals surface area contributed by atoms with E-state index in [9.17, 15) is 13.5 Å². The molecule has 0 heterocycles. The predicted octanol–water partition coefficient (Wildman–Crippen LogP) is -0.758. The van der Waals surface area contributed by atoms with Crippen LogP contribution < -0.4 is 10.0 Å². The lowest BCUT2D eigenvalue weighted by atomic mass is 10.1. The van der Waals surface area contributed by atoms with Gasteiger partial charge in [0, 0.05) is 12.1 Å². The van der Waals surface area contributed by atoms with Gasteiger partial charge in [-0.05, 0) is 20.8 Å². The molecule has 3 N–H and O–H groups in total. The van der Waals surface area contributed by atoms with E-state index in [1.54, 1.807) is 0 Å². The fraction of sp³-hybridized carbons (Fsp3) is 1.00. The summed E-state index contributed by atoms with van der Waals surface area (Å²) in [6.07, 6.45) is -0.0675. The summed E-state index contributed by atoms with van der Waals surface area (Å²) >= 11 is 0. The molecule has 0 fully saturated rings. The van der Waals surface area contributed by atoms with Gasteiger partial charge in [-0.1, -0.05) is 0 Å². The molecule has 0 radical (unpaired) electrons. The van der Waals surface area contributed by atoms with Crippen LogP contribution in [0, 0.1) is 0 Å². The van der Waals surface area contributed by atoms with E-state index in [1.807, 2.05) is 20.8 Å². The quantitative estimate of drug-likeness (QED) is 0.533. The molecule has 0 aromatic carbocycles. The van der Waals surface area contributed by atoms with Crippen LogP contribution in [0.5, 0.6) is 0 Å². The number of rotatable bonds is 4. The summed E-state index contributed by atoms with van der Waals surface area (Å²) in [4.78, 5) is 0. The minimum Gasteiger partial charge on any atom is -0.376 e. The highest BCUT2D eigenvalue weighted by Gasteiger charge is 2.14. The molecule has 0 aromatic heterocycles. The van der Waals surface area contributed by atoms with Crippen molar-refractivity contribution in [1.29, 1.82) is 0 Å². The van der Waals surface area contributed by atoms with Gasteiger partial charge in [0.25, 0.3) is 0 Å². The molecule has 0 aliphatic rings. The van der Waals surface area contributed by atoms with Gasteiger partial charge < -0.3 is 10.4 Å². The number of hydrogen-bond acceptors (Lipinski definition) is 4. The third-order valence-electron chi connectivity index (χ3n) is 1.18. The Morgan fingerprint density at radius 3 is 2.15 bits per heavy atom. The van der Waals surface area contributed by atoms with Crippen LogP contribution in [0.15, 0.2) is 0 Å². The molecular formula is C7H18N2O3S. The molecule has 0 amide bonds. The van der Waals surface area contributed by atoms with Crippen LogP contribution >= 0.6 is 0 Å². The van der Waals surface area contributed by atoms with Gasteiger partial charge >= 0.3 is 0 Å². The number of nitrogens with one attached hydrogen (secondary N) is 2. The molecule has 0 aliphatic carbocycles. The van der Waals surface area contributed by atoms with Crippen LogP contribution in [0.4, 0.5) is 0 Å². The van der Waals surface area contributed by atoms with Gasteiger partial charge in [0.05, 0.1) is 6.26 Å². The van der Waals surface area contributed by atoms with E-state index in [0.717, 1.165) is 6.26 Å². The average Bonchev–Trinajstić information content (AvgIpc) is 1.78. The molecule has 5 nitrogen and oxygen atoms in total. The largest absolute Gasteiger partial charge is 0.376 e. The normalized spacial score (nSPS) is 15.8. The third-order valence-corrected chi connectivity index (χ3v) is 1.88. The van der Waals surface area contributed by atoms with Crippen LogP contribution in [-0.2, 0) is 10.0 Å². The highest BCUT2D eigenvalue weighted by molar-refractivity contribution is 7.88. The molecule has 0 spiro atoms. The Morgan fingerprint density at radius 2 is 1.85 bits per heavy atom. The Hall–Kier alpha value is -0.170. The summed E-state index contributed by atoms with van der Waals surface area (Å²) in [6, 6.07) is 0. The van der Waals surface area contributed by atoms with Gasteiger partial charge in [0.15, 0.2) is 0 Å². The fourth-order valence-electron chi connectivity index (χ4n) is 0.692. The molecule has 6 heteroatoms. The Balaban J connectivity index is 3.84. The second-order valence-electron chi connectivity index (χ2n) is 4.04. The summed E-state index contributed by atoms with van der Waals surface area (Å²) in [6.45, 7) is 5.98. The highest BCUT2D eigenvalue weighted by Crippen LogP contribution is 1.97. The Kier molecular flexibility index (Phi) is 4.31. The molecule has 1 unspecified atom stereocenters. The monoisotopic (exact) mass is 210 g/mol. The first-order valence-corrected chi connectivity index (χ1v) is 5.90. The Morgan fingerprint density at radius 1 is 1.38 bits per heavy atom. The van der Waals surface area contributed by atoms with Crippen LogP contribution in [0.25, 0.3) is 0 Å². The fourth-order valence-corrected chi connectivity index (χ4v) is 1.27. The summed E-state index contributed by atoms with van der Waals surface area (Å²) in [7, 11) is -3.33. The average molecular weight is 210 g/mol. The van der Waals surface area contributed by atoms with E-state index in [-0.39, 0.29) is 12.1 Å². The predicted molar refractivity (Wildman–Crippen MR) is 51.7 cm³/mol. The Labute approximate surface area is 79.6 Å². The summed E-state index contributed by atoms with van der Waals surface area (Å²) in [5, 5.41) is 12.2. The van der Waals surface area contributed by atoms with Crippen molar-refractivity contribution in [1.82, 2.24) is 10.0 Å². The number of aliphatic hydroxyl groups is 1. The molecule has 0 saturated heterocycles. The molecule has 13 heavy (non-hydrogen) atoms. The SMILES string of the molecule is CC(C)(C)NCC(O)NS(C)(=O)=O. The summed E-state index contributed by atoms with van der Waals surface area (Å²) in [5.74, 6) is 0. The van der Waals surface area contributed by atoms with Crippen molar-refractivity contribution in [2.24, 2.45) is 0 Å². The lowest BCUT2D eigenvalue weighted by Crippen LogP contribution is -2.47. The zero-order valence-electron chi connectivity index (χ0n) is 8.46. The van der Waals surface area contributed by atoms with Crippen molar-refractivity contribution in [3.8, 4) is 0 Å². The molecule has 0 aromatic rings. The minimum atomic E-state index is -3.33. The highest BCUT2D eigenvalue weighted by atomic mass is 32.2. The number of β-amino-alcohol motifs (C(OH)–C–C–N with tert-alkyl or cyclic N) is 1. The van der Waals surface area contributed by atoms with E-state index in [0.29, 0.717) is 0 Å². The summed E-state index contributed by atoms with van der Waals surface area (Å²) < 4.78 is 23.4. The van der Waals surface area contributed by atoms with Gasteiger partial charge in [-0.15, -0.1) is 0 Å². The second kappa shape index (κ2) is 4.36. The molecular weight excluding hydrogens is 192 g/mol. The van der Waals surface area contributed by atoms with E-state index >= 15 is 0 Å². The zero-order valence-corrected chi connectivity index (χ0v) is 9.27. The molecule has 1 atom stereocenters. The first-order chi connectivity index (χ1) is 5.60. The van der Waals surface area contributed by atoms with Crippen molar-refractivity contribution in [3.63, 3.8) is 0 Å². The summed E-state index contributed by atoms with van der Waals surface area (Å²) in [5.41, 5.74) is -0.139. The van der Waals surface area contributed by atoms with Gasteiger partial charge in [-0.25, -0.2) is 8.42 Å². The van der Waals surface area contributed by atoms with Crippen molar-refractivity contribution < 1.29 is 13.5 Å². The van der Waals surface area contributed by atoms with Crippen molar-refractivity contribution in [3.05, 3.63) is 0 Å². The Bertz CT molecular complexity index is 243.